The van der Waals surface area contributed by atoms with Crippen molar-refractivity contribution < 1.29 is 33.6 Å². The minimum atomic E-state index is -0.869. The molecule has 0 aromatic rings. The van der Waals surface area contributed by atoms with Gasteiger partial charge in [0.1, 0.15) is 18.3 Å². The number of carbonyl (C=O) groups excluding carboxylic acids is 2. The van der Waals surface area contributed by atoms with Crippen LogP contribution < -0.4 is 0 Å². The minimum absolute atomic E-state index is 0.0607. The van der Waals surface area contributed by atoms with Gasteiger partial charge < -0.3 is 24.1 Å². The summed E-state index contributed by atoms with van der Waals surface area (Å²) < 4.78 is 24.9. The van der Waals surface area contributed by atoms with Crippen molar-refractivity contribution in [2.45, 2.75) is 123 Å². The highest BCUT2D eigenvalue weighted by atomic mass is 16.7. The van der Waals surface area contributed by atoms with Gasteiger partial charge in [0.2, 0.25) is 0 Å². The van der Waals surface area contributed by atoms with Gasteiger partial charge in [-0.1, -0.05) is 27.7 Å². The third kappa shape index (κ3) is 3.84. The van der Waals surface area contributed by atoms with Crippen LogP contribution in [0.2, 0.25) is 0 Å². The number of esters is 2. The molecule has 0 bridgehead atoms. The zero-order valence-corrected chi connectivity index (χ0v) is 24.1. The van der Waals surface area contributed by atoms with Gasteiger partial charge in [-0.3, -0.25) is 9.59 Å². The largest absolute Gasteiger partial charge is 0.463 e. The molecule has 4 unspecified atom stereocenters. The molecule has 7 heteroatoms. The van der Waals surface area contributed by atoms with Crippen molar-refractivity contribution in [2.75, 3.05) is 6.61 Å². The van der Waals surface area contributed by atoms with Crippen LogP contribution >= 0.6 is 0 Å². The van der Waals surface area contributed by atoms with Gasteiger partial charge in [0.25, 0.3) is 0 Å². The van der Waals surface area contributed by atoms with Crippen LogP contribution in [0.1, 0.15) is 92.9 Å². The second-order valence-electron chi connectivity index (χ2n) is 14.5. The smallest absolute Gasteiger partial charge is 0.302 e. The Hall–Kier alpha value is -1.18. The first-order valence-corrected chi connectivity index (χ1v) is 15.2. The van der Waals surface area contributed by atoms with Crippen LogP contribution in [-0.4, -0.2) is 53.9 Å². The topological polar surface area (TPSA) is 91.3 Å². The predicted molar refractivity (Wildman–Crippen MR) is 140 cm³/mol. The highest BCUT2D eigenvalue weighted by molar-refractivity contribution is 5.66. The van der Waals surface area contributed by atoms with E-state index in [1.165, 1.54) is 20.3 Å². The van der Waals surface area contributed by atoms with Crippen molar-refractivity contribution in [3.63, 3.8) is 0 Å². The van der Waals surface area contributed by atoms with E-state index >= 15 is 0 Å². The summed E-state index contributed by atoms with van der Waals surface area (Å²) in [5.74, 6) is 1.27. The summed E-state index contributed by atoms with van der Waals surface area (Å²) in [4.78, 5) is 24.0. The van der Waals surface area contributed by atoms with E-state index in [9.17, 15) is 14.7 Å². The first kappa shape index (κ1) is 27.0. The average molecular weight is 533 g/mol. The molecule has 2 heterocycles. The quantitative estimate of drug-likeness (QED) is 0.507. The highest BCUT2D eigenvalue weighted by Gasteiger charge is 2.71. The lowest BCUT2D eigenvalue weighted by Crippen LogP contribution is -2.60. The van der Waals surface area contributed by atoms with Crippen molar-refractivity contribution >= 4 is 11.9 Å². The molecule has 0 amide bonds. The molecular weight excluding hydrogens is 484 g/mol. The van der Waals surface area contributed by atoms with Crippen LogP contribution in [0.5, 0.6) is 0 Å². The van der Waals surface area contributed by atoms with E-state index < -0.39 is 11.9 Å². The number of fused-ring (bicyclic) bond motifs is 7. The normalized spacial score (nSPS) is 55.4. The summed E-state index contributed by atoms with van der Waals surface area (Å²) in [6.07, 6.45) is 6.86. The van der Waals surface area contributed by atoms with Gasteiger partial charge in [0, 0.05) is 25.7 Å². The Morgan fingerprint density at radius 1 is 0.868 bits per heavy atom. The summed E-state index contributed by atoms with van der Waals surface area (Å²) in [7, 11) is 0. The van der Waals surface area contributed by atoms with Crippen LogP contribution in [0.3, 0.4) is 0 Å². The van der Waals surface area contributed by atoms with Gasteiger partial charge >= 0.3 is 11.9 Å². The van der Waals surface area contributed by atoms with E-state index in [4.69, 9.17) is 18.9 Å². The van der Waals surface area contributed by atoms with Gasteiger partial charge in [0.05, 0.1) is 12.7 Å². The van der Waals surface area contributed by atoms with E-state index in [1.807, 2.05) is 0 Å². The van der Waals surface area contributed by atoms with Crippen molar-refractivity contribution in [1.29, 1.82) is 0 Å². The molecule has 214 valence electrons. The molecule has 6 fully saturated rings. The second kappa shape index (κ2) is 9.17. The Labute approximate surface area is 227 Å². The zero-order chi connectivity index (χ0) is 27.2. The Morgan fingerprint density at radius 2 is 1.58 bits per heavy atom. The summed E-state index contributed by atoms with van der Waals surface area (Å²) >= 11 is 0. The van der Waals surface area contributed by atoms with Gasteiger partial charge in [-0.25, -0.2) is 0 Å². The maximum atomic E-state index is 12.3. The molecule has 14 atom stereocenters. The molecular formula is C31H48O7. The molecule has 1 N–H and O–H groups in total. The van der Waals surface area contributed by atoms with Crippen LogP contribution in [0.25, 0.3) is 0 Å². The predicted octanol–water partition coefficient (Wildman–Crippen LogP) is 4.88. The molecule has 0 radical (unpaired) electrons. The Bertz CT molecular complexity index is 968. The lowest BCUT2D eigenvalue weighted by atomic mass is 9.43. The second-order valence-corrected chi connectivity index (χ2v) is 14.5. The SMILES string of the molecule is CC(=O)O[C@H]1CC[C@@]2(C)[C@H](C1)[C@H](OC(C)=O)C[C@@H]1[C@@H]2CC[C@]2(C)C3C(C[C@@H]12)O[C@@]1(OC[C@@H](C)CC1O)C3C. The summed E-state index contributed by atoms with van der Waals surface area (Å²) in [6, 6.07) is 0. The molecule has 6 aliphatic rings. The number of aliphatic hydroxyl groups is 1. The van der Waals surface area contributed by atoms with Crippen LogP contribution in [-0.2, 0) is 28.5 Å². The van der Waals surface area contributed by atoms with E-state index in [2.05, 4.69) is 27.7 Å². The molecule has 7 nitrogen and oxygen atoms in total. The van der Waals surface area contributed by atoms with Gasteiger partial charge in [-0.15, -0.1) is 0 Å². The number of rotatable bonds is 2. The fourth-order valence-corrected chi connectivity index (χ4v) is 11.1. The van der Waals surface area contributed by atoms with E-state index in [-0.39, 0.29) is 52.9 Å². The molecule has 0 aromatic heterocycles. The number of aliphatic hydroxyl groups excluding tert-OH is 1. The zero-order valence-electron chi connectivity index (χ0n) is 24.1. The molecule has 2 aliphatic heterocycles. The average Bonchev–Trinajstić information content (AvgIpc) is 3.28. The van der Waals surface area contributed by atoms with Gasteiger partial charge in [-0.05, 0) is 91.8 Å². The summed E-state index contributed by atoms with van der Waals surface area (Å²) in [5, 5.41) is 11.2. The maximum absolute atomic E-state index is 12.3. The van der Waals surface area contributed by atoms with Crippen LogP contribution in [0.15, 0.2) is 0 Å². The van der Waals surface area contributed by atoms with Crippen molar-refractivity contribution in [3.8, 4) is 0 Å². The number of hydrogen-bond donors (Lipinski definition) is 1. The lowest BCUT2D eigenvalue weighted by molar-refractivity contribution is -0.316. The summed E-state index contributed by atoms with van der Waals surface area (Å²) in [5.41, 5.74) is 0.172. The fourth-order valence-electron chi connectivity index (χ4n) is 11.1. The maximum Gasteiger partial charge on any atom is 0.302 e. The lowest BCUT2D eigenvalue weighted by Gasteiger charge is -2.62. The third-order valence-corrected chi connectivity index (χ3v) is 12.5. The molecule has 4 aliphatic carbocycles. The number of carbonyl (C=O) groups is 2. The first-order valence-electron chi connectivity index (χ1n) is 15.2. The van der Waals surface area contributed by atoms with Crippen LogP contribution in [0, 0.1) is 52.3 Å². The van der Waals surface area contributed by atoms with E-state index in [0.717, 1.165) is 44.9 Å². The monoisotopic (exact) mass is 532 g/mol. The number of hydrogen-bond acceptors (Lipinski definition) is 7. The Morgan fingerprint density at radius 3 is 2.26 bits per heavy atom. The standard InChI is InChI=1S/C31H48O7/c1-16-11-27(34)31(35-15-16)17(2)28-26(38-31)14-23-21-13-25(37-19(4)33)24-12-20(36-18(3)32)7-9-29(24,5)22(21)8-10-30(23,28)6/h16-17,20-28,34H,7-15H2,1-6H3/t16-,17?,20-,21+,22-,23-,24+,25+,26?,27?,28?,29+,30-,31-/m0/s1. The summed E-state index contributed by atoms with van der Waals surface area (Å²) in [6.45, 7) is 12.9. The molecule has 4 saturated carbocycles. The van der Waals surface area contributed by atoms with E-state index in [1.54, 1.807) is 0 Å². The van der Waals surface area contributed by atoms with E-state index in [0.29, 0.717) is 36.2 Å². The van der Waals surface area contributed by atoms with Gasteiger partial charge in [0.15, 0.2) is 5.79 Å². The Kier molecular flexibility index (Phi) is 6.52. The minimum Gasteiger partial charge on any atom is -0.463 e. The highest BCUT2D eigenvalue weighted by Crippen LogP contribution is 2.71. The molecule has 1 spiro atoms. The molecule has 2 saturated heterocycles. The Balaban J connectivity index is 1.28. The fraction of sp³-hybridized carbons (Fsp3) is 0.935. The first-order chi connectivity index (χ1) is 17.9. The third-order valence-electron chi connectivity index (χ3n) is 12.5. The van der Waals surface area contributed by atoms with Crippen molar-refractivity contribution in [3.05, 3.63) is 0 Å². The van der Waals surface area contributed by atoms with Gasteiger partial charge in [-0.2, -0.15) is 0 Å². The molecule has 0 aromatic carbocycles. The molecule has 38 heavy (non-hydrogen) atoms. The number of ether oxygens (including phenoxy) is 4. The van der Waals surface area contributed by atoms with Crippen molar-refractivity contribution in [1.82, 2.24) is 0 Å². The van der Waals surface area contributed by atoms with Crippen molar-refractivity contribution in [2.24, 2.45) is 52.3 Å². The van der Waals surface area contributed by atoms with Crippen LogP contribution in [0.4, 0.5) is 0 Å². The molecule has 6 rings (SSSR count).